The molecule has 1 aliphatic rings. The maximum Gasteiger partial charge on any atom is 0.258 e. The van der Waals surface area contributed by atoms with Gasteiger partial charge in [0.2, 0.25) is 5.82 Å². The molecule has 33 heavy (non-hydrogen) atoms. The molecule has 6 nitrogen and oxygen atoms in total. The van der Waals surface area contributed by atoms with Crippen LogP contribution in [0, 0.1) is 5.82 Å². The Kier molecular flexibility index (Phi) is 6.74. The quantitative estimate of drug-likeness (QED) is 0.460. The number of benzene rings is 2. The van der Waals surface area contributed by atoms with Crippen LogP contribution in [-0.4, -0.2) is 33.8 Å². The molecule has 2 heterocycles. The van der Waals surface area contributed by atoms with E-state index in [0.29, 0.717) is 22.4 Å². The second kappa shape index (κ2) is 9.70. The number of nitrogens with one attached hydrogen (secondary N) is 1. The van der Waals surface area contributed by atoms with Crippen LogP contribution in [0.2, 0.25) is 0 Å². The smallest absolute Gasteiger partial charge is 0.258 e. The Balaban J connectivity index is 1.78. The predicted octanol–water partition coefficient (Wildman–Crippen LogP) is 5.52. The molecule has 0 aliphatic carbocycles. The molecule has 0 saturated heterocycles. The first kappa shape index (κ1) is 22.9. The van der Waals surface area contributed by atoms with Gasteiger partial charge in [-0.3, -0.25) is 0 Å². The number of hydrogen-bond acceptors (Lipinski definition) is 5. The lowest BCUT2D eigenvalue weighted by atomic mass is 9.94. The number of aromatic nitrogens is 2. The summed E-state index contributed by atoms with van der Waals surface area (Å²) >= 11 is 5.68. The third kappa shape index (κ3) is 4.48. The molecule has 0 saturated carbocycles. The maximum atomic E-state index is 14.2. The van der Waals surface area contributed by atoms with Crippen molar-refractivity contribution in [2.75, 3.05) is 13.7 Å². The number of allylic oxidation sites excluding steroid dienone is 1. The number of aryl methyl sites for hydroxylation is 1. The molecular weight excluding hydrogens is 439 g/mol. The summed E-state index contributed by atoms with van der Waals surface area (Å²) in [6.45, 7) is 7.02. The van der Waals surface area contributed by atoms with Crippen molar-refractivity contribution in [2.45, 2.75) is 39.7 Å². The number of rotatable bonds is 7. The third-order valence-electron chi connectivity index (χ3n) is 5.83. The van der Waals surface area contributed by atoms with E-state index in [9.17, 15) is 4.39 Å². The molecule has 3 aromatic rings. The van der Waals surface area contributed by atoms with E-state index in [4.69, 9.17) is 21.5 Å². The summed E-state index contributed by atoms with van der Waals surface area (Å²) in [5.41, 5.74) is 4.63. The summed E-state index contributed by atoms with van der Waals surface area (Å²) < 4.78 is 24.9. The van der Waals surface area contributed by atoms with Crippen molar-refractivity contribution in [3.05, 3.63) is 71.0 Å². The van der Waals surface area contributed by atoms with E-state index in [0.717, 1.165) is 36.2 Å². The Hall–Kier alpha value is -3.26. The molecular formula is C25H27FN4O2S. The van der Waals surface area contributed by atoms with Crippen LogP contribution in [0.1, 0.15) is 50.3 Å². The number of hydrogen-bond donors (Lipinski definition) is 1. The predicted molar refractivity (Wildman–Crippen MR) is 130 cm³/mol. The summed E-state index contributed by atoms with van der Waals surface area (Å²) in [7, 11) is 1.43. The van der Waals surface area contributed by atoms with Crippen molar-refractivity contribution >= 4 is 22.9 Å². The fourth-order valence-corrected chi connectivity index (χ4v) is 4.35. The third-order valence-corrected chi connectivity index (χ3v) is 6.17. The fraction of sp³-hybridized carbons (Fsp3) is 0.320. The Morgan fingerprint density at radius 3 is 2.58 bits per heavy atom. The zero-order valence-corrected chi connectivity index (χ0v) is 20.0. The average molecular weight is 467 g/mol. The van der Waals surface area contributed by atoms with Crippen LogP contribution >= 0.6 is 12.2 Å². The van der Waals surface area contributed by atoms with E-state index in [1.165, 1.54) is 18.7 Å². The van der Waals surface area contributed by atoms with E-state index in [2.05, 4.69) is 58.5 Å². The van der Waals surface area contributed by atoms with Gasteiger partial charge >= 0.3 is 0 Å². The van der Waals surface area contributed by atoms with Crippen molar-refractivity contribution in [2.24, 2.45) is 0 Å². The SMILES string of the molecule is CCCN1C(=S)NC(c2ccc(CC)cc2)C(c2nc(-c3ccc(OC)c(F)c3)no2)=C1C. The first-order valence-corrected chi connectivity index (χ1v) is 11.4. The summed E-state index contributed by atoms with van der Waals surface area (Å²) in [5.74, 6) is 0.364. The van der Waals surface area contributed by atoms with Gasteiger partial charge in [-0.1, -0.05) is 43.3 Å². The summed E-state index contributed by atoms with van der Waals surface area (Å²) in [4.78, 5) is 6.68. The zero-order valence-electron chi connectivity index (χ0n) is 19.2. The number of halogens is 1. The first-order valence-electron chi connectivity index (χ1n) is 11.0. The van der Waals surface area contributed by atoms with Crippen molar-refractivity contribution in [3.63, 3.8) is 0 Å². The lowest BCUT2D eigenvalue weighted by molar-refractivity contribution is 0.386. The summed E-state index contributed by atoms with van der Waals surface area (Å²) in [5, 5.41) is 8.25. The molecule has 0 amide bonds. The normalized spacial score (nSPS) is 16.2. The van der Waals surface area contributed by atoms with Gasteiger partial charge in [-0.25, -0.2) is 4.39 Å². The largest absolute Gasteiger partial charge is 0.494 e. The van der Waals surface area contributed by atoms with Crippen LogP contribution in [-0.2, 0) is 6.42 Å². The van der Waals surface area contributed by atoms with E-state index in [1.807, 2.05) is 6.92 Å². The second-order valence-corrected chi connectivity index (χ2v) is 8.29. The molecule has 1 atom stereocenters. The Bertz CT molecular complexity index is 1190. The minimum Gasteiger partial charge on any atom is -0.494 e. The van der Waals surface area contributed by atoms with E-state index in [-0.39, 0.29) is 11.8 Å². The highest BCUT2D eigenvalue weighted by molar-refractivity contribution is 7.80. The molecule has 4 rings (SSSR count). The molecule has 0 radical (unpaired) electrons. The monoisotopic (exact) mass is 466 g/mol. The fourth-order valence-electron chi connectivity index (χ4n) is 4.00. The summed E-state index contributed by atoms with van der Waals surface area (Å²) in [6, 6.07) is 12.8. The standard InChI is InChI=1S/C25H27FN4O2S/c1-5-13-30-15(3)21(22(27-25(30)33)17-9-7-16(6-2)8-10-17)24-28-23(29-32-24)18-11-12-20(31-4)19(26)14-18/h7-12,14,22H,5-6,13H2,1-4H3,(H,27,33). The van der Waals surface area contributed by atoms with Crippen molar-refractivity contribution in [1.29, 1.82) is 0 Å². The van der Waals surface area contributed by atoms with Gasteiger partial charge in [-0.2, -0.15) is 4.98 Å². The van der Waals surface area contributed by atoms with Crippen LogP contribution in [0.15, 0.2) is 52.7 Å². The van der Waals surface area contributed by atoms with Crippen LogP contribution in [0.4, 0.5) is 4.39 Å². The zero-order chi connectivity index (χ0) is 23.5. The summed E-state index contributed by atoms with van der Waals surface area (Å²) in [6.07, 6.45) is 1.90. The van der Waals surface area contributed by atoms with Crippen LogP contribution in [0.3, 0.4) is 0 Å². The molecule has 1 unspecified atom stereocenters. The van der Waals surface area contributed by atoms with Gasteiger partial charge in [-0.15, -0.1) is 0 Å². The number of nitrogens with zero attached hydrogens (tertiary/aromatic N) is 3. The Morgan fingerprint density at radius 1 is 1.18 bits per heavy atom. The van der Waals surface area contributed by atoms with Crippen molar-refractivity contribution < 1.29 is 13.7 Å². The van der Waals surface area contributed by atoms with E-state index in [1.54, 1.807) is 12.1 Å². The van der Waals surface area contributed by atoms with Gasteiger partial charge in [0, 0.05) is 17.8 Å². The van der Waals surface area contributed by atoms with Crippen LogP contribution < -0.4 is 10.1 Å². The molecule has 0 bridgehead atoms. The average Bonchev–Trinajstić information content (AvgIpc) is 3.31. The van der Waals surface area contributed by atoms with Gasteiger partial charge in [0.15, 0.2) is 16.7 Å². The highest BCUT2D eigenvalue weighted by atomic mass is 32.1. The number of methoxy groups -OCH3 is 1. The molecule has 0 fully saturated rings. The van der Waals surface area contributed by atoms with Gasteiger partial charge in [0.1, 0.15) is 0 Å². The van der Waals surface area contributed by atoms with E-state index < -0.39 is 5.82 Å². The highest BCUT2D eigenvalue weighted by Gasteiger charge is 2.33. The topological polar surface area (TPSA) is 63.4 Å². The van der Waals surface area contributed by atoms with E-state index >= 15 is 0 Å². The van der Waals surface area contributed by atoms with Gasteiger partial charge < -0.3 is 19.5 Å². The van der Waals surface area contributed by atoms with Crippen molar-refractivity contribution in [3.8, 4) is 17.1 Å². The van der Waals surface area contributed by atoms with Crippen LogP contribution in [0.5, 0.6) is 5.75 Å². The van der Waals surface area contributed by atoms with Gasteiger partial charge in [-0.05, 0) is 61.3 Å². The molecule has 172 valence electrons. The van der Waals surface area contributed by atoms with Crippen LogP contribution in [0.25, 0.3) is 17.0 Å². The molecule has 1 aromatic heterocycles. The lowest BCUT2D eigenvalue weighted by Gasteiger charge is -2.37. The Labute approximate surface area is 198 Å². The molecule has 8 heteroatoms. The van der Waals surface area contributed by atoms with Gasteiger partial charge in [0.05, 0.1) is 18.7 Å². The number of thiocarbonyl (C=S) groups is 1. The van der Waals surface area contributed by atoms with Crippen molar-refractivity contribution in [1.82, 2.24) is 20.4 Å². The Morgan fingerprint density at radius 2 is 1.94 bits per heavy atom. The highest BCUT2D eigenvalue weighted by Crippen LogP contribution is 2.37. The molecule has 0 spiro atoms. The minimum atomic E-state index is -0.482. The van der Waals surface area contributed by atoms with Gasteiger partial charge in [0.25, 0.3) is 5.89 Å². The number of ether oxygens (including phenoxy) is 1. The second-order valence-electron chi connectivity index (χ2n) is 7.90. The molecule has 1 N–H and O–H groups in total. The molecule has 1 aliphatic heterocycles. The first-order chi connectivity index (χ1) is 16.0. The molecule has 2 aromatic carbocycles. The minimum absolute atomic E-state index is 0.164. The maximum absolute atomic E-state index is 14.2. The lowest BCUT2D eigenvalue weighted by Crippen LogP contribution is -2.46.